The number of para-hydroxylation sites is 2. The fourth-order valence-electron chi connectivity index (χ4n) is 6.97. The van der Waals surface area contributed by atoms with Crippen molar-refractivity contribution in [3.8, 4) is 39.5 Å². The number of aryl methyl sites for hydroxylation is 1. The van der Waals surface area contributed by atoms with Gasteiger partial charge in [0, 0.05) is 40.7 Å². The van der Waals surface area contributed by atoms with Gasteiger partial charge in [0.2, 0.25) is 0 Å². The molecule has 0 saturated carbocycles. The smallest absolute Gasteiger partial charge is 0.144 e. The maximum Gasteiger partial charge on any atom is 0.144 e. The van der Waals surface area contributed by atoms with E-state index in [1.165, 1.54) is 10.8 Å². The van der Waals surface area contributed by atoms with E-state index in [0.29, 0.717) is 5.92 Å². The number of hydrogen-bond acceptors (Lipinski definition) is 4. The van der Waals surface area contributed by atoms with Crippen LogP contribution < -0.4 is 5.19 Å². The Hall–Kier alpha value is -4.68. The van der Waals surface area contributed by atoms with Gasteiger partial charge in [-0.15, -0.1) is 0 Å². The van der Waals surface area contributed by atoms with Crippen LogP contribution in [0.4, 0.5) is 0 Å². The second-order valence-electron chi connectivity index (χ2n) is 15.7. The van der Waals surface area contributed by atoms with Crippen molar-refractivity contribution in [2.45, 2.75) is 66.1 Å². The van der Waals surface area contributed by atoms with Crippen molar-refractivity contribution in [1.82, 2.24) is 14.5 Å². The minimum absolute atomic E-state index is 0.0676. The fraction of sp³-hybridized carbons (Fsp3) is 0.286. The zero-order valence-corrected chi connectivity index (χ0v) is 30.6. The Morgan fingerprint density at radius 1 is 0.854 bits per heavy atom. The van der Waals surface area contributed by atoms with Crippen molar-refractivity contribution in [3.05, 3.63) is 96.2 Å². The van der Waals surface area contributed by atoms with Crippen LogP contribution in [-0.4, -0.2) is 27.7 Å². The first-order chi connectivity index (χ1) is 22.7. The number of fused-ring (bicyclic) bond motifs is 4. The molecule has 6 heteroatoms. The molecule has 0 radical (unpaired) electrons. The molecule has 0 saturated heterocycles. The molecule has 0 spiro atoms. The number of hydrogen-bond donors (Lipinski definition) is 1. The van der Waals surface area contributed by atoms with Crippen molar-refractivity contribution in [1.29, 1.82) is 0 Å². The molecule has 4 aromatic carbocycles. The van der Waals surface area contributed by atoms with Crippen molar-refractivity contribution in [2.24, 2.45) is 13.0 Å². The number of benzene rings is 4. The van der Waals surface area contributed by atoms with E-state index in [0.717, 1.165) is 78.7 Å². The van der Waals surface area contributed by atoms with Crippen LogP contribution in [0.25, 0.3) is 66.7 Å². The van der Waals surface area contributed by atoms with Gasteiger partial charge in [0.25, 0.3) is 0 Å². The summed E-state index contributed by atoms with van der Waals surface area (Å²) in [5, 5.41) is 14.6. The van der Waals surface area contributed by atoms with E-state index in [1.807, 2.05) is 25.2 Å². The van der Waals surface area contributed by atoms with Gasteiger partial charge in [-0.05, 0) is 76.5 Å². The molecule has 0 aliphatic rings. The van der Waals surface area contributed by atoms with Crippen LogP contribution in [0, 0.1) is 5.92 Å². The zero-order chi connectivity index (χ0) is 34.1. The Balaban J connectivity index is 1.49. The molecule has 0 fully saturated rings. The number of rotatable bonds is 6. The first-order valence-corrected chi connectivity index (χ1v) is 20.5. The standard InChI is InChI=1S/C42H45N3O2Si/c1-25(2)19-27-22-34(43-24-38(27)48(7,8)9)26-20-31-29-13-10-11-16-37(29)47-40(31)32(21-26)30-14-12-15-35-39(30)44-41(45(35)6)33-23-28(42(3,4)5)17-18-36(33)46/h10-18,20-25,46H,19H2,1-9H3. The van der Waals surface area contributed by atoms with Gasteiger partial charge in [0.05, 0.1) is 30.4 Å². The van der Waals surface area contributed by atoms with Crippen molar-refractivity contribution in [3.63, 3.8) is 0 Å². The summed E-state index contributed by atoms with van der Waals surface area (Å²) in [6, 6.07) is 27.2. The number of aromatic hydroxyl groups is 1. The third kappa shape index (κ3) is 5.52. The van der Waals surface area contributed by atoms with Gasteiger partial charge in [0.1, 0.15) is 22.7 Å². The second-order valence-corrected chi connectivity index (χ2v) is 20.8. The fourth-order valence-corrected chi connectivity index (χ4v) is 8.56. The molecule has 5 nitrogen and oxygen atoms in total. The Morgan fingerprint density at radius 2 is 1.62 bits per heavy atom. The monoisotopic (exact) mass is 651 g/mol. The number of phenolic OH excluding ortho intramolecular Hbond substituents is 1. The summed E-state index contributed by atoms with van der Waals surface area (Å²) in [5.74, 6) is 1.49. The van der Waals surface area contributed by atoms with Crippen LogP contribution in [0.15, 0.2) is 89.5 Å². The molecule has 244 valence electrons. The minimum atomic E-state index is -1.59. The summed E-state index contributed by atoms with van der Waals surface area (Å²) in [7, 11) is 0.432. The Bertz CT molecular complexity index is 2350. The number of pyridine rings is 1. The number of imidazole rings is 1. The topological polar surface area (TPSA) is 64.1 Å². The molecule has 0 bridgehead atoms. The molecule has 3 aromatic heterocycles. The zero-order valence-electron chi connectivity index (χ0n) is 29.6. The average Bonchev–Trinajstić information content (AvgIpc) is 3.57. The van der Waals surface area contributed by atoms with E-state index in [-0.39, 0.29) is 11.2 Å². The highest BCUT2D eigenvalue weighted by atomic mass is 28.3. The first kappa shape index (κ1) is 31.9. The lowest BCUT2D eigenvalue weighted by molar-refractivity contribution is 0.475. The van der Waals surface area contributed by atoms with E-state index in [2.05, 4.69) is 120 Å². The lowest BCUT2D eigenvalue weighted by Gasteiger charge is -2.22. The van der Waals surface area contributed by atoms with Gasteiger partial charge in [-0.1, -0.05) is 90.7 Å². The Labute approximate surface area is 284 Å². The molecule has 0 amide bonds. The van der Waals surface area contributed by atoms with Crippen LogP contribution >= 0.6 is 0 Å². The van der Waals surface area contributed by atoms with Crippen molar-refractivity contribution >= 4 is 46.2 Å². The minimum Gasteiger partial charge on any atom is -0.507 e. The molecular weight excluding hydrogens is 607 g/mol. The number of aromatic nitrogens is 3. The molecule has 3 heterocycles. The molecule has 7 rings (SSSR count). The van der Waals surface area contributed by atoms with E-state index >= 15 is 0 Å². The highest BCUT2D eigenvalue weighted by molar-refractivity contribution is 6.89. The summed E-state index contributed by atoms with van der Waals surface area (Å²) < 4.78 is 8.70. The molecule has 1 N–H and O–H groups in total. The van der Waals surface area contributed by atoms with Gasteiger partial charge >= 0.3 is 0 Å². The maximum absolute atomic E-state index is 11.0. The molecule has 0 aliphatic carbocycles. The quantitative estimate of drug-likeness (QED) is 0.182. The van der Waals surface area contributed by atoms with Gasteiger partial charge in [-0.3, -0.25) is 4.98 Å². The van der Waals surface area contributed by atoms with Gasteiger partial charge in [-0.2, -0.15) is 0 Å². The highest BCUT2D eigenvalue weighted by Gasteiger charge is 2.25. The summed E-state index contributed by atoms with van der Waals surface area (Å²) >= 11 is 0. The lowest BCUT2D eigenvalue weighted by Crippen LogP contribution is -2.40. The predicted molar refractivity (Wildman–Crippen MR) is 204 cm³/mol. The average molecular weight is 652 g/mol. The summed E-state index contributed by atoms with van der Waals surface area (Å²) in [5.41, 5.74) is 10.7. The normalized spacial score (nSPS) is 12.6. The van der Waals surface area contributed by atoms with Crippen LogP contribution in [0.1, 0.15) is 45.7 Å². The van der Waals surface area contributed by atoms with E-state index in [4.69, 9.17) is 14.4 Å². The van der Waals surface area contributed by atoms with E-state index < -0.39 is 8.07 Å². The van der Waals surface area contributed by atoms with Crippen LogP contribution in [0.2, 0.25) is 19.6 Å². The van der Waals surface area contributed by atoms with Crippen LogP contribution in [0.5, 0.6) is 5.75 Å². The second kappa shape index (κ2) is 11.5. The van der Waals surface area contributed by atoms with E-state index in [9.17, 15) is 5.11 Å². The van der Waals surface area contributed by atoms with Crippen molar-refractivity contribution in [2.75, 3.05) is 0 Å². The molecule has 0 unspecified atom stereocenters. The number of phenols is 1. The third-order valence-corrected chi connectivity index (χ3v) is 11.6. The molecule has 7 aromatic rings. The SMILES string of the molecule is CC(C)Cc1cc(-c2cc(-c3cccc4c3nc(-c3cc(C(C)(C)C)ccc3O)n4C)c3oc4ccccc4c3c2)ncc1[Si](C)(C)C. The predicted octanol–water partition coefficient (Wildman–Crippen LogP) is 10.6. The molecule has 0 atom stereocenters. The highest BCUT2D eigenvalue weighted by Crippen LogP contribution is 2.42. The summed E-state index contributed by atoms with van der Waals surface area (Å²) in [6.07, 6.45) is 3.17. The molecule has 0 aliphatic heterocycles. The van der Waals surface area contributed by atoms with Gasteiger partial charge < -0.3 is 14.1 Å². The van der Waals surface area contributed by atoms with Gasteiger partial charge in [-0.25, -0.2) is 4.98 Å². The van der Waals surface area contributed by atoms with E-state index in [1.54, 1.807) is 6.07 Å². The summed E-state index contributed by atoms with van der Waals surface area (Å²) in [4.78, 5) is 10.3. The Kier molecular flexibility index (Phi) is 7.63. The first-order valence-electron chi connectivity index (χ1n) is 17.0. The number of furan rings is 1. The van der Waals surface area contributed by atoms with Crippen LogP contribution in [0.3, 0.4) is 0 Å². The number of nitrogens with zero attached hydrogens (tertiary/aromatic N) is 3. The molecule has 48 heavy (non-hydrogen) atoms. The summed E-state index contributed by atoms with van der Waals surface area (Å²) in [6.45, 7) is 18.3. The van der Waals surface area contributed by atoms with Crippen LogP contribution in [-0.2, 0) is 18.9 Å². The van der Waals surface area contributed by atoms with Gasteiger partial charge in [0.15, 0.2) is 0 Å². The third-order valence-electron chi connectivity index (χ3n) is 9.50. The van der Waals surface area contributed by atoms with Crippen molar-refractivity contribution < 1.29 is 9.52 Å². The largest absolute Gasteiger partial charge is 0.507 e. The molecular formula is C42H45N3O2Si. The maximum atomic E-state index is 11.0. The lowest BCUT2D eigenvalue weighted by atomic mass is 9.86. The Morgan fingerprint density at radius 3 is 2.35 bits per heavy atom.